The van der Waals surface area contributed by atoms with Crippen molar-refractivity contribution in [2.45, 2.75) is 32.1 Å². The Morgan fingerprint density at radius 3 is 2.39 bits per heavy atom. The first-order valence-electron chi connectivity index (χ1n) is 11.9. The van der Waals surface area contributed by atoms with Crippen LogP contribution in [0.1, 0.15) is 41.4 Å². The Labute approximate surface area is 209 Å². The van der Waals surface area contributed by atoms with Gasteiger partial charge in [0.25, 0.3) is 0 Å². The zero-order valence-corrected chi connectivity index (χ0v) is 20.3. The number of rotatable bonds is 6. The lowest BCUT2D eigenvalue weighted by Crippen LogP contribution is -2.33. The summed E-state index contributed by atoms with van der Waals surface area (Å²) in [5, 5.41) is 14.3. The van der Waals surface area contributed by atoms with Crippen LogP contribution in [0.2, 0.25) is 0 Å². The van der Waals surface area contributed by atoms with E-state index in [2.05, 4.69) is 40.9 Å². The molecule has 5 rings (SSSR count). The van der Waals surface area contributed by atoms with E-state index in [1.807, 2.05) is 19.1 Å². The molecule has 0 amide bonds. The number of nitrogens with zero attached hydrogens (tertiary/aromatic N) is 2. The molecule has 0 unspecified atom stereocenters. The van der Waals surface area contributed by atoms with Gasteiger partial charge in [-0.2, -0.15) is 5.10 Å². The summed E-state index contributed by atoms with van der Waals surface area (Å²) in [5.41, 5.74) is 9.68. The largest absolute Gasteiger partial charge is 0.478 e. The van der Waals surface area contributed by atoms with E-state index >= 15 is 0 Å². The standard InChI is InChI=1S/C29H28FN3O3/c1-18-16-25-23(17-24(18)32-31-3)26(19-4-6-20(7-5-19)28(34)35)27(29(2)12-14-36-15-13-29)33(25)22-10-8-21(30)9-11-22/h4-11,16-17,32H,3,12-15H2,1-2H3,(H,34,35). The number of anilines is 1. The predicted molar refractivity (Wildman–Crippen MR) is 141 cm³/mol. The van der Waals surface area contributed by atoms with Crippen LogP contribution in [-0.4, -0.2) is 35.6 Å². The molecule has 36 heavy (non-hydrogen) atoms. The highest BCUT2D eigenvalue weighted by molar-refractivity contribution is 6.02. The highest BCUT2D eigenvalue weighted by atomic mass is 19.1. The van der Waals surface area contributed by atoms with E-state index in [0.717, 1.165) is 57.5 Å². The fourth-order valence-corrected chi connectivity index (χ4v) is 5.20. The molecular weight excluding hydrogens is 457 g/mol. The Balaban J connectivity index is 1.91. The lowest BCUT2D eigenvalue weighted by Gasteiger charge is -2.36. The maximum atomic E-state index is 13.9. The summed E-state index contributed by atoms with van der Waals surface area (Å²) in [4.78, 5) is 11.5. The molecule has 0 aliphatic carbocycles. The quantitative estimate of drug-likeness (QED) is 0.240. The Bertz CT molecular complexity index is 1450. The summed E-state index contributed by atoms with van der Waals surface area (Å²) in [5.74, 6) is -1.26. The number of carboxylic acid groups (broad SMARTS) is 1. The molecule has 0 bridgehead atoms. The Morgan fingerprint density at radius 2 is 1.78 bits per heavy atom. The van der Waals surface area contributed by atoms with Crippen molar-refractivity contribution in [2.24, 2.45) is 5.10 Å². The number of carbonyl (C=O) groups is 1. The maximum absolute atomic E-state index is 13.9. The molecule has 1 aromatic heterocycles. The van der Waals surface area contributed by atoms with Crippen LogP contribution in [0.15, 0.2) is 65.8 Å². The second-order valence-electron chi connectivity index (χ2n) is 9.55. The first-order valence-corrected chi connectivity index (χ1v) is 11.9. The molecule has 2 N–H and O–H groups in total. The highest BCUT2D eigenvalue weighted by Gasteiger charge is 2.37. The first-order chi connectivity index (χ1) is 17.3. The number of benzene rings is 3. The number of hydrogen-bond acceptors (Lipinski definition) is 4. The SMILES string of the molecule is C=NNc1cc2c(-c3ccc(C(=O)O)cc3)c(C3(C)CCOCC3)n(-c3ccc(F)cc3)c2cc1C. The normalized spacial score (nSPS) is 15.1. The molecule has 1 aliphatic heterocycles. The van der Waals surface area contributed by atoms with E-state index in [4.69, 9.17) is 4.74 Å². The average molecular weight is 486 g/mol. The van der Waals surface area contributed by atoms with Crippen LogP contribution in [0.3, 0.4) is 0 Å². The molecule has 1 aliphatic rings. The maximum Gasteiger partial charge on any atom is 0.335 e. The van der Waals surface area contributed by atoms with Gasteiger partial charge in [-0.05, 0) is 79.4 Å². The van der Waals surface area contributed by atoms with Crippen molar-refractivity contribution >= 4 is 29.3 Å². The van der Waals surface area contributed by atoms with Gasteiger partial charge in [-0.1, -0.05) is 19.1 Å². The van der Waals surface area contributed by atoms with Crippen LogP contribution in [0, 0.1) is 12.7 Å². The Kier molecular flexibility index (Phi) is 6.10. The van der Waals surface area contributed by atoms with Crippen molar-refractivity contribution in [3.63, 3.8) is 0 Å². The predicted octanol–water partition coefficient (Wildman–Crippen LogP) is 6.54. The third-order valence-electron chi connectivity index (χ3n) is 7.19. The number of aromatic nitrogens is 1. The first kappa shape index (κ1) is 23.8. The summed E-state index contributed by atoms with van der Waals surface area (Å²) in [6.07, 6.45) is 1.64. The number of carboxylic acids is 1. The second-order valence-corrected chi connectivity index (χ2v) is 9.55. The van der Waals surface area contributed by atoms with Crippen molar-refractivity contribution in [1.29, 1.82) is 0 Å². The third-order valence-corrected chi connectivity index (χ3v) is 7.19. The zero-order valence-electron chi connectivity index (χ0n) is 20.3. The van der Waals surface area contributed by atoms with Crippen molar-refractivity contribution in [2.75, 3.05) is 18.6 Å². The van der Waals surface area contributed by atoms with Crippen LogP contribution >= 0.6 is 0 Å². The summed E-state index contributed by atoms with van der Waals surface area (Å²) < 4.78 is 21.9. The molecule has 0 saturated carbocycles. The lowest BCUT2D eigenvalue weighted by atomic mass is 9.76. The number of aromatic carboxylic acids is 1. The fraction of sp³-hybridized carbons (Fsp3) is 0.241. The van der Waals surface area contributed by atoms with Crippen LogP contribution < -0.4 is 5.43 Å². The van der Waals surface area contributed by atoms with Gasteiger partial charge in [0, 0.05) is 47.7 Å². The van der Waals surface area contributed by atoms with Crippen molar-refractivity contribution < 1.29 is 19.0 Å². The highest BCUT2D eigenvalue weighted by Crippen LogP contribution is 2.47. The van der Waals surface area contributed by atoms with Gasteiger partial charge in [0.1, 0.15) is 5.82 Å². The minimum atomic E-state index is -0.967. The molecule has 0 spiro atoms. The smallest absolute Gasteiger partial charge is 0.335 e. The number of halogens is 1. The number of aryl methyl sites for hydroxylation is 1. The molecule has 0 radical (unpaired) electrons. The summed E-state index contributed by atoms with van der Waals surface area (Å²) in [6.45, 7) is 9.12. The van der Waals surface area contributed by atoms with Gasteiger partial charge in [-0.25, -0.2) is 9.18 Å². The zero-order chi connectivity index (χ0) is 25.4. The molecule has 7 heteroatoms. The number of hydrogen-bond donors (Lipinski definition) is 2. The van der Waals surface area contributed by atoms with Crippen LogP contribution in [0.25, 0.3) is 27.7 Å². The van der Waals surface area contributed by atoms with E-state index in [1.165, 1.54) is 12.1 Å². The van der Waals surface area contributed by atoms with E-state index in [0.29, 0.717) is 13.2 Å². The molecular formula is C29H28FN3O3. The van der Waals surface area contributed by atoms with E-state index in [1.54, 1.807) is 24.3 Å². The molecule has 3 aromatic carbocycles. The van der Waals surface area contributed by atoms with E-state index < -0.39 is 5.97 Å². The number of fused-ring (bicyclic) bond motifs is 1. The van der Waals surface area contributed by atoms with E-state index in [9.17, 15) is 14.3 Å². The van der Waals surface area contributed by atoms with Crippen LogP contribution in [-0.2, 0) is 10.2 Å². The number of ether oxygens (including phenoxy) is 1. The topological polar surface area (TPSA) is 75.8 Å². The summed E-state index contributed by atoms with van der Waals surface area (Å²) >= 11 is 0. The van der Waals surface area contributed by atoms with Gasteiger partial charge >= 0.3 is 5.97 Å². The molecule has 2 heterocycles. The minimum Gasteiger partial charge on any atom is -0.478 e. The minimum absolute atomic E-state index is 0.230. The van der Waals surface area contributed by atoms with Crippen LogP contribution in [0.5, 0.6) is 0 Å². The van der Waals surface area contributed by atoms with Gasteiger partial charge < -0.3 is 14.4 Å². The summed E-state index contributed by atoms with van der Waals surface area (Å²) in [6, 6.07) is 17.7. The average Bonchev–Trinajstić information content (AvgIpc) is 3.20. The number of nitrogens with one attached hydrogen (secondary N) is 1. The van der Waals surface area contributed by atoms with E-state index in [-0.39, 0.29) is 16.8 Å². The molecule has 1 fully saturated rings. The Morgan fingerprint density at radius 1 is 1.11 bits per heavy atom. The van der Waals surface area contributed by atoms with Crippen molar-refractivity contribution in [3.05, 3.63) is 83.3 Å². The molecule has 6 nitrogen and oxygen atoms in total. The molecule has 184 valence electrons. The van der Waals surface area contributed by atoms with Crippen molar-refractivity contribution in [1.82, 2.24) is 4.57 Å². The summed E-state index contributed by atoms with van der Waals surface area (Å²) in [7, 11) is 0. The molecule has 0 atom stereocenters. The molecule has 1 saturated heterocycles. The van der Waals surface area contributed by atoms with Crippen molar-refractivity contribution in [3.8, 4) is 16.8 Å². The van der Waals surface area contributed by atoms with Gasteiger partial charge in [0.05, 0.1) is 16.8 Å². The fourth-order valence-electron chi connectivity index (χ4n) is 5.20. The second kappa shape index (κ2) is 9.24. The molecule has 4 aromatic rings. The van der Waals surface area contributed by atoms with Gasteiger partial charge in [-0.15, -0.1) is 0 Å². The lowest BCUT2D eigenvalue weighted by molar-refractivity contribution is 0.0548. The van der Waals surface area contributed by atoms with Crippen LogP contribution in [0.4, 0.5) is 10.1 Å². The van der Waals surface area contributed by atoms with Gasteiger partial charge in [0.15, 0.2) is 0 Å². The Hall–Kier alpha value is -3.97. The third kappa shape index (κ3) is 4.05. The van der Waals surface area contributed by atoms with Gasteiger partial charge in [0.2, 0.25) is 0 Å². The van der Waals surface area contributed by atoms with Gasteiger partial charge in [-0.3, -0.25) is 5.43 Å². The number of hydrazone groups is 1. The monoisotopic (exact) mass is 485 g/mol.